The van der Waals surface area contributed by atoms with Gasteiger partial charge >= 0.3 is 0 Å². The number of primary amides is 1. The summed E-state index contributed by atoms with van der Waals surface area (Å²) >= 11 is 0. The monoisotopic (exact) mass is 368 g/mol. The van der Waals surface area contributed by atoms with Crippen molar-refractivity contribution in [2.45, 2.75) is 39.7 Å². The zero-order valence-corrected chi connectivity index (χ0v) is 16.0. The van der Waals surface area contributed by atoms with Gasteiger partial charge in [-0.05, 0) is 42.2 Å². The van der Waals surface area contributed by atoms with Gasteiger partial charge in [0, 0.05) is 25.0 Å². The van der Waals surface area contributed by atoms with Gasteiger partial charge in [-0.25, -0.2) is 0 Å². The van der Waals surface area contributed by atoms with E-state index >= 15 is 0 Å². The highest BCUT2D eigenvalue weighted by molar-refractivity contribution is 5.99. The Labute approximate surface area is 160 Å². The van der Waals surface area contributed by atoms with Crippen molar-refractivity contribution >= 4 is 17.5 Å². The van der Waals surface area contributed by atoms with Gasteiger partial charge in [-0.1, -0.05) is 38.8 Å². The number of nitrogens with two attached hydrogens (primary N) is 1. The smallest absolute Gasteiger partial charge is 0.267 e. The molecular formula is C21H28N4O2. The molecule has 6 heteroatoms. The van der Waals surface area contributed by atoms with Crippen LogP contribution in [0.2, 0.25) is 0 Å². The molecule has 2 rings (SSSR count). The summed E-state index contributed by atoms with van der Waals surface area (Å²) in [5.41, 5.74) is 7.70. The van der Waals surface area contributed by atoms with Crippen LogP contribution in [-0.4, -0.2) is 23.3 Å². The maximum Gasteiger partial charge on any atom is 0.267 e. The first kappa shape index (κ1) is 20.4. The summed E-state index contributed by atoms with van der Waals surface area (Å²) in [6, 6.07) is 10.8. The third-order valence-corrected chi connectivity index (χ3v) is 4.72. The summed E-state index contributed by atoms with van der Waals surface area (Å²) in [5, 5.41) is 6.27. The quantitative estimate of drug-likeness (QED) is 0.599. The highest BCUT2D eigenvalue weighted by atomic mass is 16.2. The maximum absolute atomic E-state index is 12.6. The second-order valence-corrected chi connectivity index (χ2v) is 6.54. The average molecular weight is 368 g/mol. The topological polar surface area (TPSA) is 97.1 Å². The number of carbonyl (C=O) groups excluding carboxylic acids is 2. The number of aromatic nitrogens is 1. The number of benzene rings is 1. The fraction of sp³-hybridized carbons (Fsp3) is 0.381. The Morgan fingerprint density at radius 3 is 2.59 bits per heavy atom. The van der Waals surface area contributed by atoms with E-state index in [1.807, 2.05) is 18.2 Å². The van der Waals surface area contributed by atoms with Crippen LogP contribution in [0.5, 0.6) is 0 Å². The van der Waals surface area contributed by atoms with Gasteiger partial charge < -0.3 is 16.4 Å². The van der Waals surface area contributed by atoms with Crippen molar-refractivity contribution in [1.82, 2.24) is 10.3 Å². The molecule has 0 aliphatic heterocycles. The molecule has 1 aromatic heterocycles. The van der Waals surface area contributed by atoms with E-state index in [9.17, 15) is 9.59 Å². The van der Waals surface area contributed by atoms with Crippen molar-refractivity contribution in [1.29, 1.82) is 0 Å². The fourth-order valence-corrected chi connectivity index (χ4v) is 2.93. The maximum atomic E-state index is 12.6. The van der Waals surface area contributed by atoms with Crippen LogP contribution in [0.1, 0.15) is 59.5 Å². The lowest BCUT2D eigenvalue weighted by molar-refractivity contribution is 0.0950. The number of hydrogen-bond acceptors (Lipinski definition) is 4. The zero-order valence-electron chi connectivity index (χ0n) is 16.0. The standard InChI is InChI=1S/C21H28N4O2/c1-3-15(4-2)9-12-24-21(27)17-7-5-6-8-18(17)25-14-16-10-11-23-19(13-16)20(22)26/h5-8,10-11,13,15,25H,3-4,9,12,14H2,1-2H3,(H2,22,26)(H,24,27). The minimum absolute atomic E-state index is 0.0865. The van der Waals surface area contributed by atoms with E-state index < -0.39 is 5.91 Å². The molecule has 2 amide bonds. The second kappa shape index (κ2) is 10.3. The highest BCUT2D eigenvalue weighted by Gasteiger charge is 2.12. The van der Waals surface area contributed by atoms with Crippen LogP contribution in [0.3, 0.4) is 0 Å². The number of carbonyl (C=O) groups is 2. The van der Waals surface area contributed by atoms with E-state index in [0.29, 0.717) is 24.6 Å². The van der Waals surface area contributed by atoms with Gasteiger partial charge in [0.2, 0.25) is 0 Å². The first-order chi connectivity index (χ1) is 13.0. The molecule has 0 unspecified atom stereocenters. The number of pyridine rings is 1. The molecule has 2 aromatic rings. The molecule has 0 aliphatic carbocycles. The van der Waals surface area contributed by atoms with Crippen molar-refractivity contribution < 1.29 is 9.59 Å². The van der Waals surface area contributed by atoms with E-state index in [1.165, 1.54) is 0 Å². The molecule has 4 N–H and O–H groups in total. The number of nitrogens with one attached hydrogen (secondary N) is 2. The van der Waals surface area contributed by atoms with Crippen molar-refractivity contribution in [3.8, 4) is 0 Å². The van der Waals surface area contributed by atoms with Crippen LogP contribution in [0.15, 0.2) is 42.6 Å². The van der Waals surface area contributed by atoms with Gasteiger partial charge in [0.1, 0.15) is 5.69 Å². The summed E-state index contributed by atoms with van der Waals surface area (Å²) < 4.78 is 0. The van der Waals surface area contributed by atoms with Crippen LogP contribution >= 0.6 is 0 Å². The van der Waals surface area contributed by atoms with Crippen LogP contribution in [-0.2, 0) is 6.54 Å². The Morgan fingerprint density at radius 1 is 1.15 bits per heavy atom. The lowest BCUT2D eigenvalue weighted by atomic mass is 9.99. The summed E-state index contributed by atoms with van der Waals surface area (Å²) in [7, 11) is 0. The molecule has 0 fully saturated rings. The molecule has 0 spiro atoms. The number of rotatable bonds is 10. The third-order valence-electron chi connectivity index (χ3n) is 4.72. The first-order valence-corrected chi connectivity index (χ1v) is 9.41. The number of anilines is 1. The predicted octanol–water partition coefficient (Wildman–Crippen LogP) is 3.35. The van der Waals surface area contributed by atoms with Crippen LogP contribution in [0.25, 0.3) is 0 Å². The lowest BCUT2D eigenvalue weighted by Gasteiger charge is -2.15. The molecule has 0 atom stereocenters. The molecule has 0 bridgehead atoms. The normalized spacial score (nSPS) is 10.6. The molecular weight excluding hydrogens is 340 g/mol. The Balaban J connectivity index is 1.99. The van der Waals surface area contributed by atoms with E-state index in [0.717, 1.165) is 30.5 Å². The van der Waals surface area contributed by atoms with Crippen molar-refractivity contribution in [2.24, 2.45) is 11.7 Å². The molecule has 144 valence electrons. The summed E-state index contributed by atoms with van der Waals surface area (Å²) in [6.45, 7) is 5.49. The molecule has 0 saturated carbocycles. The molecule has 0 radical (unpaired) electrons. The number of amides is 2. The second-order valence-electron chi connectivity index (χ2n) is 6.54. The SMILES string of the molecule is CCC(CC)CCNC(=O)c1ccccc1NCc1ccnc(C(N)=O)c1. The minimum atomic E-state index is -0.561. The summed E-state index contributed by atoms with van der Waals surface area (Å²) in [6.07, 6.45) is 4.79. The lowest BCUT2D eigenvalue weighted by Crippen LogP contribution is -2.26. The zero-order chi connectivity index (χ0) is 19.6. The Kier molecular flexibility index (Phi) is 7.79. The third kappa shape index (κ3) is 6.09. The van der Waals surface area contributed by atoms with Gasteiger partial charge in [-0.3, -0.25) is 14.6 Å². The molecule has 1 aromatic carbocycles. The Morgan fingerprint density at radius 2 is 1.89 bits per heavy atom. The van der Waals surface area contributed by atoms with Gasteiger partial charge in [-0.15, -0.1) is 0 Å². The van der Waals surface area contributed by atoms with Crippen molar-refractivity contribution in [2.75, 3.05) is 11.9 Å². The van der Waals surface area contributed by atoms with Crippen molar-refractivity contribution in [3.05, 3.63) is 59.4 Å². The Hall–Kier alpha value is -2.89. The van der Waals surface area contributed by atoms with Gasteiger partial charge in [0.25, 0.3) is 11.8 Å². The van der Waals surface area contributed by atoms with E-state index in [2.05, 4.69) is 29.5 Å². The van der Waals surface area contributed by atoms with Crippen molar-refractivity contribution in [3.63, 3.8) is 0 Å². The summed E-state index contributed by atoms with van der Waals surface area (Å²) in [4.78, 5) is 27.7. The predicted molar refractivity (Wildman–Crippen MR) is 108 cm³/mol. The van der Waals surface area contributed by atoms with Crippen LogP contribution in [0.4, 0.5) is 5.69 Å². The highest BCUT2D eigenvalue weighted by Crippen LogP contribution is 2.17. The molecule has 0 aliphatic rings. The average Bonchev–Trinajstić information content (AvgIpc) is 2.70. The van der Waals surface area contributed by atoms with E-state index in [-0.39, 0.29) is 11.6 Å². The number of nitrogens with zero attached hydrogens (tertiary/aromatic N) is 1. The first-order valence-electron chi connectivity index (χ1n) is 9.41. The van der Waals surface area contributed by atoms with Gasteiger partial charge in [-0.2, -0.15) is 0 Å². The largest absolute Gasteiger partial charge is 0.380 e. The number of para-hydroxylation sites is 1. The Bertz CT molecular complexity index is 772. The van der Waals surface area contributed by atoms with E-state index in [1.54, 1.807) is 24.4 Å². The summed E-state index contributed by atoms with van der Waals surface area (Å²) in [5.74, 6) is -0.00416. The fourth-order valence-electron chi connectivity index (χ4n) is 2.93. The van der Waals surface area contributed by atoms with E-state index in [4.69, 9.17) is 5.73 Å². The van der Waals surface area contributed by atoms with Gasteiger partial charge in [0.15, 0.2) is 0 Å². The minimum Gasteiger partial charge on any atom is -0.380 e. The van der Waals surface area contributed by atoms with Gasteiger partial charge in [0.05, 0.1) is 5.56 Å². The number of hydrogen-bond donors (Lipinski definition) is 3. The molecule has 27 heavy (non-hydrogen) atoms. The van der Waals surface area contributed by atoms with Crippen LogP contribution in [0, 0.1) is 5.92 Å². The molecule has 0 saturated heterocycles. The molecule has 1 heterocycles. The molecule has 6 nitrogen and oxygen atoms in total. The van der Waals surface area contributed by atoms with Crippen LogP contribution < -0.4 is 16.4 Å².